The molecule has 0 spiro atoms. The summed E-state index contributed by atoms with van der Waals surface area (Å²) >= 11 is 1.71. The Kier molecular flexibility index (Phi) is 3.97. The fourth-order valence-corrected chi connectivity index (χ4v) is 3.71. The molecule has 21 heavy (non-hydrogen) atoms. The van der Waals surface area contributed by atoms with Crippen LogP contribution < -0.4 is 10.6 Å². The first-order valence-corrected chi connectivity index (χ1v) is 8.83. The normalized spacial score (nSPS) is 20.1. The van der Waals surface area contributed by atoms with E-state index in [0.29, 0.717) is 5.41 Å². The first kappa shape index (κ1) is 14.9. The predicted octanol–water partition coefficient (Wildman–Crippen LogP) is 3.30. The molecule has 3 heterocycles. The Morgan fingerprint density at radius 2 is 2.10 bits per heavy atom. The van der Waals surface area contributed by atoms with Gasteiger partial charge in [0.15, 0.2) is 10.8 Å². The lowest BCUT2D eigenvalue weighted by molar-refractivity contribution is 0.279. The fourth-order valence-electron chi connectivity index (χ4n) is 2.98. The number of thiazole rings is 1. The van der Waals surface area contributed by atoms with E-state index in [0.717, 1.165) is 30.9 Å². The monoisotopic (exact) mass is 306 g/mol. The van der Waals surface area contributed by atoms with Crippen molar-refractivity contribution in [3.8, 4) is 0 Å². The largest absolute Gasteiger partial charge is 0.355 e. The van der Waals surface area contributed by atoms with Gasteiger partial charge in [0.1, 0.15) is 0 Å². The second kappa shape index (κ2) is 5.61. The van der Waals surface area contributed by atoms with Crippen LogP contribution in [0.15, 0.2) is 11.6 Å². The van der Waals surface area contributed by atoms with Crippen LogP contribution in [0.4, 0.5) is 5.82 Å². The summed E-state index contributed by atoms with van der Waals surface area (Å²) in [7, 11) is 0. The summed E-state index contributed by atoms with van der Waals surface area (Å²) in [5.41, 5.74) is 7.97. The van der Waals surface area contributed by atoms with Gasteiger partial charge in [-0.2, -0.15) is 0 Å². The predicted molar refractivity (Wildman–Crippen MR) is 90.3 cm³/mol. The molecule has 0 saturated carbocycles. The number of nitrogens with two attached hydrogens (primary N) is 1. The van der Waals surface area contributed by atoms with Crippen LogP contribution in [0.25, 0.3) is 4.96 Å². The van der Waals surface area contributed by atoms with Crippen LogP contribution in [0.2, 0.25) is 0 Å². The zero-order chi connectivity index (χ0) is 15.0. The Hall–Kier alpha value is -1.07. The van der Waals surface area contributed by atoms with Gasteiger partial charge in [-0.25, -0.2) is 4.98 Å². The molecule has 2 N–H and O–H groups in total. The standard InChI is InChI=1S/C16H26N4S/c1-4-12(17)11-13-14(18-15-20(13)9-10-21-15)19-7-5-16(2,3)6-8-19/h9-10,12H,4-8,11,17H2,1-3H3. The van der Waals surface area contributed by atoms with E-state index in [2.05, 4.69) is 41.6 Å². The molecule has 0 radical (unpaired) electrons. The van der Waals surface area contributed by atoms with Gasteiger partial charge in [-0.15, -0.1) is 11.3 Å². The number of nitrogens with zero attached hydrogens (tertiary/aromatic N) is 3. The molecule has 0 aromatic carbocycles. The van der Waals surface area contributed by atoms with E-state index in [1.807, 2.05) is 0 Å². The third-order valence-electron chi connectivity index (χ3n) is 4.74. The zero-order valence-electron chi connectivity index (χ0n) is 13.3. The first-order chi connectivity index (χ1) is 10.00. The van der Waals surface area contributed by atoms with Gasteiger partial charge in [-0.3, -0.25) is 4.40 Å². The van der Waals surface area contributed by atoms with E-state index in [-0.39, 0.29) is 6.04 Å². The van der Waals surface area contributed by atoms with Gasteiger partial charge < -0.3 is 10.6 Å². The van der Waals surface area contributed by atoms with Crippen molar-refractivity contribution in [3.63, 3.8) is 0 Å². The maximum Gasteiger partial charge on any atom is 0.195 e. The van der Waals surface area contributed by atoms with Gasteiger partial charge in [0, 0.05) is 37.1 Å². The summed E-state index contributed by atoms with van der Waals surface area (Å²) in [5.74, 6) is 1.17. The van der Waals surface area contributed by atoms with E-state index in [1.54, 1.807) is 11.3 Å². The first-order valence-electron chi connectivity index (χ1n) is 7.95. The van der Waals surface area contributed by atoms with Crippen LogP contribution in [0.1, 0.15) is 45.7 Å². The van der Waals surface area contributed by atoms with Crippen LogP contribution in [0.3, 0.4) is 0 Å². The number of hydrogen-bond donors (Lipinski definition) is 1. The minimum absolute atomic E-state index is 0.213. The van der Waals surface area contributed by atoms with Crippen molar-refractivity contribution in [3.05, 3.63) is 17.3 Å². The van der Waals surface area contributed by atoms with E-state index in [1.165, 1.54) is 24.4 Å². The van der Waals surface area contributed by atoms with Crippen molar-refractivity contribution in [2.24, 2.45) is 11.1 Å². The van der Waals surface area contributed by atoms with Crippen molar-refractivity contribution in [2.45, 2.75) is 52.5 Å². The second-order valence-electron chi connectivity index (χ2n) is 6.96. The van der Waals surface area contributed by atoms with Crippen molar-refractivity contribution >= 4 is 22.1 Å². The zero-order valence-corrected chi connectivity index (χ0v) is 14.1. The maximum absolute atomic E-state index is 6.21. The Labute approximate surface area is 131 Å². The SMILES string of the molecule is CCC(N)Cc1c(N2CCC(C)(C)CC2)nc2sccn12. The Balaban J connectivity index is 1.90. The van der Waals surface area contributed by atoms with E-state index < -0.39 is 0 Å². The van der Waals surface area contributed by atoms with Gasteiger partial charge in [-0.05, 0) is 24.7 Å². The molecule has 116 valence electrons. The quantitative estimate of drug-likeness (QED) is 0.942. The average Bonchev–Trinajstić information content (AvgIpc) is 3.01. The second-order valence-corrected chi connectivity index (χ2v) is 7.83. The third-order valence-corrected chi connectivity index (χ3v) is 5.49. The van der Waals surface area contributed by atoms with Crippen molar-refractivity contribution in [1.82, 2.24) is 9.38 Å². The molecule has 2 aromatic heterocycles. The lowest BCUT2D eigenvalue weighted by Gasteiger charge is -2.37. The highest BCUT2D eigenvalue weighted by Crippen LogP contribution is 2.34. The van der Waals surface area contributed by atoms with Crippen molar-refractivity contribution < 1.29 is 0 Å². The molecule has 0 amide bonds. The number of anilines is 1. The number of imidazole rings is 1. The molecular weight excluding hydrogens is 280 g/mol. The summed E-state index contributed by atoms with van der Waals surface area (Å²) in [6.07, 6.45) is 6.50. The molecule has 1 aliphatic rings. The molecular formula is C16H26N4S. The average molecular weight is 306 g/mol. The number of hydrogen-bond acceptors (Lipinski definition) is 4. The van der Waals surface area contributed by atoms with Gasteiger partial charge in [0.25, 0.3) is 0 Å². The van der Waals surface area contributed by atoms with Crippen LogP contribution in [-0.4, -0.2) is 28.5 Å². The summed E-state index contributed by atoms with van der Waals surface area (Å²) in [6.45, 7) is 9.09. The van der Waals surface area contributed by atoms with E-state index in [9.17, 15) is 0 Å². The maximum atomic E-state index is 6.21. The van der Waals surface area contributed by atoms with Crippen molar-refractivity contribution in [1.29, 1.82) is 0 Å². The smallest absolute Gasteiger partial charge is 0.195 e. The minimum atomic E-state index is 0.213. The van der Waals surface area contributed by atoms with Crippen LogP contribution >= 0.6 is 11.3 Å². The molecule has 3 rings (SSSR count). The number of aromatic nitrogens is 2. The highest BCUT2D eigenvalue weighted by Gasteiger charge is 2.28. The lowest BCUT2D eigenvalue weighted by Crippen LogP contribution is -2.38. The summed E-state index contributed by atoms with van der Waals surface area (Å²) < 4.78 is 2.23. The number of fused-ring (bicyclic) bond motifs is 1. The van der Waals surface area contributed by atoms with Crippen molar-refractivity contribution in [2.75, 3.05) is 18.0 Å². The minimum Gasteiger partial charge on any atom is -0.355 e. The molecule has 1 aliphatic heterocycles. The highest BCUT2D eigenvalue weighted by molar-refractivity contribution is 7.15. The van der Waals surface area contributed by atoms with Gasteiger partial charge >= 0.3 is 0 Å². The van der Waals surface area contributed by atoms with E-state index >= 15 is 0 Å². The molecule has 1 fully saturated rings. The van der Waals surface area contributed by atoms with Crippen LogP contribution in [-0.2, 0) is 6.42 Å². The Morgan fingerprint density at radius 3 is 2.76 bits per heavy atom. The molecule has 0 aliphatic carbocycles. The highest BCUT2D eigenvalue weighted by atomic mass is 32.1. The van der Waals surface area contributed by atoms with Gasteiger partial charge in [0.05, 0.1) is 5.69 Å². The lowest BCUT2D eigenvalue weighted by atomic mass is 9.82. The van der Waals surface area contributed by atoms with Gasteiger partial charge in [-0.1, -0.05) is 20.8 Å². The molecule has 1 unspecified atom stereocenters. The third kappa shape index (κ3) is 2.94. The van der Waals surface area contributed by atoms with Gasteiger partial charge in [0.2, 0.25) is 0 Å². The summed E-state index contributed by atoms with van der Waals surface area (Å²) in [4.78, 5) is 8.44. The molecule has 0 bridgehead atoms. The summed E-state index contributed by atoms with van der Waals surface area (Å²) in [6, 6.07) is 0.213. The molecule has 1 atom stereocenters. The Bertz CT molecular complexity index is 603. The van der Waals surface area contributed by atoms with Crippen LogP contribution in [0, 0.1) is 5.41 Å². The Morgan fingerprint density at radius 1 is 1.38 bits per heavy atom. The number of rotatable bonds is 4. The fraction of sp³-hybridized carbons (Fsp3) is 0.688. The molecule has 2 aromatic rings. The molecule has 4 nitrogen and oxygen atoms in total. The van der Waals surface area contributed by atoms with E-state index in [4.69, 9.17) is 10.7 Å². The molecule has 5 heteroatoms. The molecule has 1 saturated heterocycles. The van der Waals surface area contributed by atoms with Crippen LogP contribution in [0.5, 0.6) is 0 Å². The summed E-state index contributed by atoms with van der Waals surface area (Å²) in [5, 5.41) is 2.10. The topological polar surface area (TPSA) is 46.6 Å². The number of piperidine rings is 1.